The normalized spacial score (nSPS) is 15.3. The maximum atomic E-state index is 13.8. The zero-order valence-corrected chi connectivity index (χ0v) is 50.4. The van der Waals surface area contributed by atoms with Crippen molar-refractivity contribution in [1.82, 2.24) is 0 Å². The third-order valence-corrected chi connectivity index (χ3v) is 12.8. The van der Waals surface area contributed by atoms with E-state index in [0.29, 0.717) is 75.2 Å². The Morgan fingerprint density at radius 3 is 1.39 bits per heavy atom. The van der Waals surface area contributed by atoms with Crippen LogP contribution in [0.3, 0.4) is 0 Å². The van der Waals surface area contributed by atoms with Crippen LogP contribution in [0.1, 0.15) is 128 Å². The van der Waals surface area contributed by atoms with Crippen molar-refractivity contribution in [3.8, 4) is 34.5 Å². The summed E-state index contributed by atoms with van der Waals surface area (Å²) in [6.45, 7) is 21.1. The summed E-state index contributed by atoms with van der Waals surface area (Å²) >= 11 is 0. The van der Waals surface area contributed by atoms with Crippen molar-refractivity contribution in [2.24, 2.45) is 11.8 Å². The molecule has 0 radical (unpaired) electrons. The molecule has 1 saturated carbocycles. The van der Waals surface area contributed by atoms with Crippen molar-refractivity contribution in [3.63, 3.8) is 0 Å². The van der Waals surface area contributed by atoms with Crippen LogP contribution in [0.25, 0.3) is 0 Å². The van der Waals surface area contributed by atoms with Crippen LogP contribution in [0.15, 0.2) is 135 Å². The first-order chi connectivity index (χ1) is 42.4. The van der Waals surface area contributed by atoms with E-state index in [-0.39, 0.29) is 109 Å². The van der Waals surface area contributed by atoms with Gasteiger partial charge in [0, 0.05) is 28.9 Å². The highest BCUT2D eigenvalue weighted by Gasteiger charge is 2.44. The minimum Gasteiger partial charge on any atom is -0.494 e. The fourth-order valence-corrected chi connectivity index (χ4v) is 8.18. The van der Waals surface area contributed by atoms with E-state index in [0.717, 1.165) is 12.2 Å². The fourth-order valence-electron chi connectivity index (χ4n) is 8.18. The Hall–Kier alpha value is -9.45. The molecule has 0 bridgehead atoms. The molecule has 2 fully saturated rings. The standard InChI is InChI=1S/C64H68O22.C2H6.H2O/c1-7-54(65)76-32-11-9-30-74-46-22-18-44(19-23-46)61(71)84-52-28-26-48(38-50(52)56-64(86-56)81-37-36-79-58(68)41(5)6)82-59(69)42-14-13-15-43(17-16-42)60(70)83-49-27-29-53(51(39-49)63(73)80-35-34-78-57(67)40(3)4)85-62(72)45-20-24-47(25-21-45)75-31-10-12-33-77-55(66)8-2;1-2;/h7-8,18-29,38-39,42-43,56,64H,1-3,5,9-17,30-37H2,4,6H3;1-2H3;1H2. The highest BCUT2D eigenvalue weighted by Crippen LogP contribution is 2.45. The van der Waals surface area contributed by atoms with Gasteiger partial charge in [0.2, 0.25) is 0 Å². The van der Waals surface area contributed by atoms with Gasteiger partial charge in [0.05, 0.1) is 56.0 Å². The Bertz CT molecular complexity index is 3110. The Labute approximate surface area is 516 Å². The number of hydrogen-bond donors (Lipinski definition) is 0. The Morgan fingerprint density at radius 1 is 0.483 bits per heavy atom. The zero-order valence-electron chi connectivity index (χ0n) is 50.4. The first-order valence-corrected chi connectivity index (χ1v) is 28.7. The molecule has 89 heavy (non-hydrogen) atoms. The van der Waals surface area contributed by atoms with Gasteiger partial charge in [-0.25, -0.2) is 33.6 Å². The van der Waals surface area contributed by atoms with Crippen LogP contribution < -0.4 is 28.4 Å². The van der Waals surface area contributed by atoms with E-state index in [2.05, 4.69) is 26.3 Å². The average molecular weight is 1240 g/mol. The monoisotopic (exact) mass is 1240 g/mol. The van der Waals surface area contributed by atoms with Crippen molar-refractivity contribution in [2.45, 2.75) is 97.9 Å². The number of hydrogen-bond acceptors (Lipinski definition) is 22. The second kappa shape index (κ2) is 38.0. The van der Waals surface area contributed by atoms with Crippen LogP contribution in [-0.4, -0.2) is 118 Å². The molecule has 4 aromatic carbocycles. The number of unbranched alkanes of at least 4 members (excludes halogenated alkanes) is 2. The van der Waals surface area contributed by atoms with Gasteiger partial charge in [-0.15, -0.1) is 0 Å². The average Bonchev–Trinajstić information content (AvgIpc) is 1.86. The lowest BCUT2D eigenvalue weighted by atomic mass is 9.98. The lowest BCUT2D eigenvalue weighted by molar-refractivity contribution is -0.141. The summed E-state index contributed by atoms with van der Waals surface area (Å²) in [5, 5.41) is 0. The summed E-state index contributed by atoms with van der Waals surface area (Å²) in [5.74, 6) is -6.43. The molecule has 4 aromatic rings. The number of benzene rings is 4. The van der Waals surface area contributed by atoms with Gasteiger partial charge in [-0.1, -0.05) is 46.6 Å². The summed E-state index contributed by atoms with van der Waals surface area (Å²) in [5.41, 5.74) is 0.724. The van der Waals surface area contributed by atoms with E-state index in [1.165, 1.54) is 74.5 Å². The number of rotatable bonds is 33. The molecule has 0 aromatic heterocycles. The molecular weight excluding hydrogens is 1160 g/mol. The summed E-state index contributed by atoms with van der Waals surface area (Å²) in [6, 6.07) is 20.6. The van der Waals surface area contributed by atoms with Gasteiger partial charge in [-0.3, -0.25) is 9.59 Å². The Balaban J connectivity index is 0.00000558. The number of carbonyl (C=O) groups is 9. The number of ether oxygens (including phenoxy) is 13. The van der Waals surface area contributed by atoms with Gasteiger partial charge in [0.15, 0.2) is 6.29 Å². The molecule has 2 N–H and O–H groups in total. The molecule has 478 valence electrons. The van der Waals surface area contributed by atoms with E-state index in [4.69, 9.17) is 61.6 Å². The van der Waals surface area contributed by atoms with Gasteiger partial charge in [-0.05, 0) is 150 Å². The molecule has 23 nitrogen and oxygen atoms in total. The van der Waals surface area contributed by atoms with Gasteiger partial charge < -0.3 is 67.1 Å². The second-order valence-corrected chi connectivity index (χ2v) is 19.5. The molecule has 1 aliphatic heterocycles. The summed E-state index contributed by atoms with van der Waals surface area (Å²) in [7, 11) is 0. The third-order valence-electron chi connectivity index (χ3n) is 12.8. The Kier molecular flexibility index (Phi) is 30.7. The van der Waals surface area contributed by atoms with E-state index in [1.807, 2.05) is 13.8 Å². The maximum absolute atomic E-state index is 13.8. The van der Waals surface area contributed by atoms with Crippen molar-refractivity contribution >= 4 is 53.7 Å². The molecule has 4 unspecified atom stereocenters. The van der Waals surface area contributed by atoms with Crippen LogP contribution in [0.5, 0.6) is 34.5 Å². The lowest BCUT2D eigenvalue weighted by Gasteiger charge is -2.16. The Morgan fingerprint density at radius 2 is 0.910 bits per heavy atom. The number of carbonyl (C=O) groups excluding carboxylic acids is 9. The topological polar surface area (TPSA) is 308 Å². The molecule has 1 aliphatic carbocycles. The molecule has 23 heteroatoms. The van der Waals surface area contributed by atoms with E-state index in [1.54, 1.807) is 24.3 Å². The number of esters is 9. The molecular formula is C66H76O23. The predicted molar refractivity (Wildman–Crippen MR) is 319 cm³/mol. The maximum Gasteiger partial charge on any atom is 0.343 e. The fraction of sp³-hybridized carbons (Fsp3) is 0.379. The molecule has 4 atom stereocenters. The molecule has 0 spiro atoms. The molecule has 1 saturated heterocycles. The molecule has 6 rings (SSSR count). The van der Waals surface area contributed by atoms with E-state index in [9.17, 15) is 43.2 Å². The van der Waals surface area contributed by atoms with Crippen molar-refractivity contribution in [2.75, 3.05) is 52.9 Å². The smallest absolute Gasteiger partial charge is 0.343 e. The highest BCUT2D eigenvalue weighted by molar-refractivity contribution is 5.97. The quantitative estimate of drug-likeness (QED) is 0.00814. The third kappa shape index (κ3) is 24.3. The van der Waals surface area contributed by atoms with Gasteiger partial charge in [0.25, 0.3) is 0 Å². The number of epoxide rings is 1. The van der Waals surface area contributed by atoms with E-state index < -0.39 is 78.0 Å². The van der Waals surface area contributed by atoms with Crippen molar-refractivity contribution < 1.29 is 110 Å². The molecule has 0 amide bonds. The zero-order chi connectivity index (χ0) is 64.0. The van der Waals surface area contributed by atoms with Crippen LogP contribution >= 0.6 is 0 Å². The summed E-state index contributed by atoms with van der Waals surface area (Å²) in [6.07, 6.45) is 4.61. The van der Waals surface area contributed by atoms with Crippen molar-refractivity contribution in [1.29, 1.82) is 0 Å². The second-order valence-electron chi connectivity index (χ2n) is 19.5. The lowest BCUT2D eigenvalue weighted by Crippen LogP contribution is -2.22. The molecule has 2 aliphatic rings. The first kappa shape index (κ1) is 72.0. The predicted octanol–water partition coefficient (Wildman–Crippen LogP) is 9.62. The largest absolute Gasteiger partial charge is 0.494 e. The SMILES string of the molecule is C=CC(=O)OCCCCOc1ccc(C(=O)Oc2ccc(OC(=O)C3CCCC(C(=O)Oc4ccc(OC(=O)c5ccc(OCCCCOC(=O)C=C)cc5)c(C5OC5OCCOC(=O)C(=C)C)c4)CC3)cc2C(=O)OCCOC(=O)C(=C)C)cc1.CC.O. The first-order valence-electron chi connectivity index (χ1n) is 28.7. The van der Waals surface area contributed by atoms with Crippen LogP contribution in [0.4, 0.5) is 0 Å². The van der Waals surface area contributed by atoms with Crippen LogP contribution in [0.2, 0.25) is 0 Å². The van der Waals surface area contributed by atoms with Gasteiger partial charge in [-0.2, -0.15) is 0 Å². The van der Waals surface area contributed by atoms with Gasteiger partial charge in [0.1, 0.15) is 66.0 Å². The summed E-state index contributed by atoms with van der Waals surface area (Å²) < 4.78 is 71.6. The van der Waals surface area contributed by atoms with Gasteiger partial charge >= 0.3 is 53.7 Å². The van der Waals surface area contributed by atoms with Crippen LogP contribution in [0, 0.1) is 11.8 Å². The molecule has 1 heterocycles. The minimum absolute atomic E-state index is 0. The van der Waals surface area contributed by atoms with E-state index >= 15 is 0 Å². The highest BCUT2D eigenvalue weighted by atomic mass is 16.8. The van der Waals surface area contributed by atoms with Crippen molar-refractivity contribution in [3.05, 3.63) is 157 Å². The minimum atomic E-state index is -0.986. The summed E-state index contributed by atoms with van der Waals surface area (Å²) in [4.78, 5) is 114. The van der Waals surface area contributed by atoms with Crippen LogP contribution in [-0.2, 0) is 61.9 Å².